The van der Waals surface area contributed by atoms with Crippen LogP contribution < -0.4 is 5.32 Å². The number of rotatable bonds is 9. The highest BCUT2D eigenvalue weighted by molar-refractivity contribution is 5.93. The van der Waals surface area contributed by atoms with Crippen LogP contribution in [-0.4, -0.2) is 36.6 Å². The summed E-state index contributed by atoms with van der Waals surface area (Å²) in [6, 6.07) is 39.9. The van der Waals surface area contributed by atoms with E-state index in [2.05, 4.69) is 62.1 Å². The average Bonchev–Trinajstić information content (AvgIpc) is 3.60. The van der Waals surface area contributed by atoms with Gasteiger partial charge in [0, 0.05) is 18.0 Å². The fraction of sp³-hybridized carbons (Fsp3) is 0.190. The van der Waals surface area contributed by atoms with Gasteiger partial charge in [0.1, 0.15) is 5.69 Å². The van der Waals surface area contributed by atoms with Crippen molar-refractivity contribution < 1.29 is 19.4 Å². The van der Waals surface area contributed by atoms with E-state index in [0.717, 1.165) is 49.9 Å². The highest BCUT2D eigenvalue weighted by atomic mass is 16.7. The Morgan fingerprint density at radius 2 is 1.51 bits per heavy atom. The molecule has 254 valence electrons. The Hall–Kier alpha value is -5.74. The average molecular weight is 676 g/mol. The van der Waals surface area contributed by atoms with Gasteiger partial charge in [-0.3, -0.25) is 9.78 Å². The lowest BCUT2D eigenvalue weighted by Gasteiger charge is -2.41. The molecule has 8 rings (SSSR count). The Bertz CT molecular complexity index is 2320. The van der Waals surface area contributed by atoms with Crippen LogP contribution in [0.15, 0.2) is 134 Å². The number of amides is 1. The number of aromatic nitrogens is 4. The molecule has 0 aliphatic carbocycles. The monoisotopic (exact) mass is 675 g/mol. The van der Waals surface area contributed by atoms with Gasteiger partial charge >= 0.3 is 0 Å². The standard InChI is InChI=1S/C42H37N5O4/c1-27-39(24-47-26-45-36-14-4-5-15-38(36)47)50-42(51-40(27)30-18-16-28(25-48)17-19-30)33-11-7-10-32(21-33)31-9-6-8-29(20-31)22-44-41(49)37-23-43-34-12-2-3-13-35(34)46-37/h2-21,23,26-27,39-40,42,48H,22,24-25H2,1H3,(H,44,49). The number of imidazole rings is 1. The topological polar surface area (TPSA) is 111 Å². The number of nitrogens with one attached hydrogen (secondary N) is 1. The molecule has 51 heavy (non-hydrogen) atoms. The van der Waals surface area contributed by atoms with E-state index < -0.39 is 6.29 Å². The molecule has 1 saturated heterocycles. The maximum atomic E-state index is 13.0. The fourth-order valence-electron chi connectivity index (χ4n) is 6.74. The van der Waals surface area contributed by atoms with Crippen molar-refractivity contribution >= 4 is 28.0 Å². The van der Waals surface area contributed by atoms with Gasteiger partial charge in [0.25, 0.3) is 5.91 Å². The summed E-state index contributed by atoms with van der Waals surface area (Å²) in [5.74, 6) is -0.252. The van der Waals surface area contributed by atoms with Gasteiger partial charge in [-0.05, 0) is 64.2 Å². The zero-order valence-corrected chi connectivity index (χ0v) is 28.1. The minimum atomic E-state index is -0.617. The Balaban J connectivity index is 1.03. The number of carbonyl (C=O) groups excluding carboxylic acids is 1. The van der Waals surface area contributed by atoms with Gasteiger partial charge in [-0.15, -0.1) is 0 Å². The molecule has 0 saturated carbocycles. The smallest absolute Gasteiger partial charge is 0.271 e. The summed E-state index contributed by atoms with van der Waals surface area (Å²) >= 11 is 0. The van der Waals surface area contributed by atoms with Crippen LogP contribution in [0.2, 0.25) is 0 Å². The van der Waals surface area contributed by atoms with Crippen molar-refractivity contribution in [3.8, 4) is 11.1 Å². The van der Waals surface area contributed by atoms with E-state index in [1.165, 1.54) is 6.20 Å². The predicted molar refractivity (Wildman–Crippen MR) is 195 cm³/mol. The van der Waals surface area contributed by atoms with Crippen LogP contribution in [0, 0.1) is 5.92 Å². The number of benzene rings is 5. The highest BCUT2D eigenvalue weighted by Crippen LogP contribution is 2.43. The molecule has 4 unspecified atom stereocenters. The minimum Gasteiger partial charge on any atom is -0.392 e. The molecule has 7 aromatic rings. The van der Waals surface area contributed by atoms with Gasteiger partial charge in [0.15, 0.2) is 6.29 Å². The molecular formula is C42H37N5O4. The maximum absolute atomic E-state index is 13.0. The molecule has 0 spiro atoms. The van der Waals surface area contributed by atoms with E-state index in [1.54, 1.807) is 0 Å². The second kappa shape index (κ2) is 14.2. The molecule has 0 bridgehead atoms. The van der Waals surface area contributed by atoms with Crippen molar-refractivity contribution in [2.45, 2.75) is 45.1 Å². The number of hydrogen-bond donors (Lipinski definition) is 2. The van der Waals surface area contributed by atoms with Crippen molar-refractivity contribution in [3.05, 3.63) is 162 Å². The molecule has 2 aromatic heterocycles. The van der Waals surface area contributed by atoms with Gasteiger partial charge in [-0.25, -0.2) is 9.97 Å². The zero-order chi connectivity index (χ0) is 34.7. The Morgan fingerprint density at radius 1 is 0.765 bits per heavy atom. The van der Waals surface area contributed by atoms with E-state index in [1.807, 2.05) is 97.3 Å². The van der Waals surface area contributed by atoms with Crippen LogP contribution in [0.5, 0.6) is 0 Å². The van der Waals surface area contributed by atoms with E-state index in [-0.39, 0.29) is 36.3 Å². The van der Waals surface area contributed by atoms with Crippen molar-refractivity contribution in [1.82, 2.24) is 24.8 Å². The van der Waals surface area contributed by atoms with Gasteiger partial charge in [-0.1, -0.05) is 91.9 Å². The first-order valence-corrected chi connectivity index (χ1v) is 17.1. The largest absolute Gasteiger partial charge is 0.392 e. The second-order valence-corrected chi connectivity index (χ2v) is 13.0. The van der Waals surface area contributed by atoms with E-state index >= 15 is 0 Å². The molecule has 9 nitrogen and oxygen atoms in total. The van der Waals surface area contributed by atoms with Crippen molar-refractivity contribution in [1.29, 1.82) is 0 Å². The van der Waals surface area contributed by atoms with Crippen LogP contribution in [-0.2, 0) is 29.2 Å². The highest BCUT2D eigenvalue weighted by Gasteiger charge is 2.38. The van der Waals surface area contributed by atoms with Gasteiger partial charge < -0.3 is 24.5 Å². The molecular weight excluding hydrogens is 638 g/mol. The molecule has 2 N–H and O–H groups in total. The number of aliphatic hydroxyl groups is 1. The Kier molecular flexibility index (Phi) is 9.07. The number of para-hydroxylation sites is 4. The summed E-state index contributed by atoms with van der Waals surface area (Å²) in [7, 11) is 0. The number of hydrogen-bond acceptors (Lipinski definition) is 7. The molecule has 9 heteroatoms. The molecule has 1 aliphatic heterocycles. The predicted octanol–water partition coefficient (Wildman–Crippen LogP) is 7.56. The first kappa shape index (κ1) is 32.5. The summed E-state index contributed by atoms with van der Waals surface area (Å²) in [6.45, 7) is 3.11. The van der Waals surface area contributed by atoms with Crippen LogP contribution in [0.1, 0.15) is 52.1 Å². The fourth-order valence-corrected chi connectivity index (χ4v) is 6.74. The molecule has 1 fully saturated rings. The Morgan fingerprint density at radius 3 is 2.33 bits per heavy atom. The van der Waals surface area contributed by atoms with Crippen LogP contribution in [0.25, 0.3) is 33.2 Å². The number of aliphatic hydroxyl groups excluding tert-OH is 1. The summed E-state index contributed by atoms with van der Waals surface area (Å²) in [5.41, 5.74) is 9.48. The lowest BCUT2D eigenvalue weighted by Crippen LogP contribution is -2.39. The summed E-state index contributed by atoms with van der Waals surface area (Å²) in [6.07, 6.45) is 2.36. The lowest BCUT2D eigenvalue weighted by molar-refractivity contribution is -0.276. The van der Waals surface area contributed by atoms with E-state index in [4.69, 9.17) is 9.47 Å². The number of carbonyl (C=O) groups is 1. The minimum absolute atomic E-state index is 0.0110. The SMILES string of the molecule is CC1C(Cn2cnc3ccccc32)OC(c2cccc(-c3cccc(CNC(=O)c4cnc5ccccc5n4)c3)c2)OC1c1ccc(CO)cc1. The summed E-state index contributed by atoms with van der Waals surface area (Å²) < 4.78 is 15.7. The number of ether oxygens (including phenoxy) is 2. The third-order valence-corrected chi connectivity index (χ3v) is 9.58. The van der Waals surface area contributed by atoms with E-state index in [9.17, 15) is 9.90 Å². The molecule has 4 atom stereocenters. The lowest BCUT2D eigenvalue weighted by atomic mass is 9.90. The number of fused-ring (bicyclic) bond motifs is 2. The first-order valence-electron chi connectivity index (χ1n) is 17.1. The van der Waals surface area contributed by atoms with Gasteiger partial charge in [0.2, 0.25) is 0 Å². The molecule has 1 amide bonds. The maximum Gasteiger partial charge on any atom is 0.271 e. The van der Waals surface area contributed by atoms with Crippen LogP contribution in [0.3, 0.4) is 0 Å². The second-order valence-electron chi connectivity index (χ2n) is 13.0. The zero-order valence-electron chi connectivity index (χ0n) is 28.1. The van der Waals surface area contributed by atoms with Crippen molar-refractivity contribution in [3.63, 3.8) is 0 Å². The van der Waals surface area contributed by atoms with Crippen LogP contribution >= 0.6 is 0 Å². The van der Waals surface area contributed by atoms with Crippen LogP contribution in [0.4, 0.5) is 0 Å². The van der Waals surface area contributed by atoms with Crippen molar-refractivity contribution in [2.75, 3.05) is 0 Å². The number of nitrogens with zero attached hydrogens (tertiary/aromatic N) is 4. The molecule has 3 heterocycles. The molecule has 0 radical (unpaired) electrons. The normalized spacial score (nSPS) is 18.9. The molecule has 1 aliphatic rings. The quantitative estimate of drug-likeness (QED) is 0.162. The Labute approximate surface area is 295 Å². The van der Waals surface area contributed by atoms with Crippen molar-refractivity contribution in [2.24, 2.45) is 5.92 Å². The first-order chi connectivity index (χ1) is 25.0. The third kappa shape index (κ3) is 6.87. The van der Waals surface area contributed by atoms with Gasteiger partial charge in [0.05, 0.1) is 60.0 Å². The van der Waals surface area contributed by atoms with Gasteiger partial charge in [-0.2, -0.15) is 0 Å². The summed E-state index contributed by atoms with van der Waals surface area (Å²) in [4.78, 5) is 26.4. The molecule has 5 aromatic carbocycles. The third-order valence-electron chi connectivity index (χ3n) is 9.58. The van der Waals surface area contributed by atoms with E-state index in [0.29, 0.717) is 18.6 Å². The summed E-state index contributed by atoms with van der Waals surface area (Å²) in [5, 5.41) is 12.6.